The van der Waals surface area contributed by atoms with Crippen LogP contribution in [0.15, 0.2) is 48.5 Å². The van der Waals surface area contributed by atoms with Crippen molar-refractivity contribution in [3.05, 3.63) is 70.5 Å². The van der Waals surface area contributed by atoms with Gasteiger partial charge in [0, 0.05) is 6.04 Å². The molecule has 20 heavy (non-hydrogen) atoms. The van der Waals surface area contributed by atoms with Crippen molar-refractivity contribution in [1.29, 1.82) is 0 Å². The van der Waals surface area contributed by atoms with Crippen LogP contribution in [0, 0.1) is 5.82 Å². The second-order valence-electron chi connectivity index (χ2n) is 4.90. The number of hydrogen-bond donors (Lipinski definition) is 1. The maximum atomic E-state index is 13.2. The van der Waals surface area contributed by atoms with E-state index in [0.29, 0.717) is 6.04 Å². The van der Waals surface area contributed by atoms with Gasteiger partial charge in [0.15, 0.2) is 0 Å². The molecule has 1 unspecified atom stereocenters. The molecule has 1 nitrogen and oxygen atoms in total. The maximum absolute atomic E-state index is 13.2. The highest BCUT2D eigenvalue weighted by atomic mass is 35.5. The van der Waals surface area contributed by atoms with E-state index < -0.39 is 0 Å². The third kappa shape index (κ3) is 4.32. The lowest BCUT2D eigenvalue weighted by molar-refractivity contribution is 0.521. The fourth-order valence-corrected chi connectivity index (χ4v) is 2.56. The molecule has 0 saturated carbocycles. The monoisotopic (exact) mass is 291 g/mol. The van der Waals surface area contributed by atoms with E-state index in [1.54, 1.807) is 12.1 Å². The van der Waals surface area contributed by atoms with Gasteiger partial charge in [-0.1, -0.05) is 54.9 Å². The second-order valence-corrected chi connectivity index (χ2v) is 5.30. The predicted octanol–water partition coefficient (Wildman–Crippen LogP) is 4.24. The molecular formula is C17H19ClFN. The Hall–Kier alpha value is -1.38. The van der Waals surface area contributed by atoms with Crippen LogP contribution in [0.4, 0.5) is 4.39 Å². The molecule has 0 saturated heterocycles. The van der Waals surface area contributed by atoms with Gasteiger partial charge in [-0.25, -0.2) is 4.39 Å². The molecule has 106 valence electrons. The van der Waals surface area contributed by atoms with Gasteiger partial charge in [-0.3, -0.25) is 0 Å². The summed E-state index contributed by atoms with van der Waals surface area (Å²) in [5.41, 5.74) is 2.35. The summed E-state index contributed by atoms with van der Waals surface area (Å²) in [6.07, 6.45) is 1.78. The smallest absolute Gasteiger partial charge is 0.141 e. The highest BCUT2D eigenvalue weighted by Gasteiger charge is 2.10. The fraction of sp³-hybridized carbons (Fsp3) is 0.294. The minimum Gasteiger partial charge on any atom is -0.314 e. The highest BCUT2D eigenvalue weighted by Crippen LogP contribution is 2.18. The number of hydrogen-bond acceptors (Lipinski definition) is 1. The molecule has 1 N–H and O–H groups in total. The van der Waals surface area contributed by atoms with Crippen LogP contribution in [0.25, 0.3) is 0 Å². The molecular weight excluding hydrogens is 273 g/mol. The molecule has 0 aromatic heterocycles. The molecule has 2 rings (SSSR count). The summed E-state index contributed by atoms with van der Waals surface area (Å²) >= 11 is 5.84. The first kappa shape index (κ1) is 15.0. The molecule has 0 bridgehead atoms. The van der Waals surface area contributed by atoms with Crippen molar-refractivity contribution in [3.63, 3.8) is 0 Å². The van der Waals surface area contributed by atoms with Crippen molar-refractivity contribution >= 4 is 11.6 Å². The van der Waals surface area contributed by atoms with Crippen molar-refractivity contribution < 1.29 is 4.39 Å². The summed E-state index contributed by atoms with van der Waals surface area (Å²) < 4.78 is 13.2. The van der Waals surface area contributed by atoms with Gasteiger partial charge in [0.05, 0.1) is 5.02 Å². The molecule has 0 aliphatic heterocycles. The normalized spacial score (nSPS) is 12.3. The Labute approximate surface area is 124 Å². The van der Waals surface area contributed by atoms with Gasteiger partial charge in [-0.2, -0.15) is 0 Å². The Morgan fingerprint density at radius 1 is 1.05 bits per heavy atom. The van der Waals surface area contributed by atoms with E-state index in [1.165, 1.54) is 11.6 Å². The van der Waals surface area contributed by atoms with Crippen molar-refractivity contribution in [1.82, 2.24) is 5.32 Å². The molecule has 0 heterocycles. The van der Waals surface area contributed by atoms with Gasteiger partial charge in [-0.15, -0.1) is 0 Å². The lowest BCUT2D eigenvalue weighted by atomic mass is 9.99. The van der Waals surface area contributed by atoms with E-state index >= 15 is 0 Å². The summed E-state index contributed by atoms with van der Waals surface area (Å²) in [5.74, 6) is -0.363. The van der Waals surface area contributed by atoms with E-state index in [0.717, 1.165) is 24.9 Å². The Kier molecular flexibility index (Phi) is 5.57. The van der Waals surface area contributed by atoms with Crippen LogP contribution < -0.4 is 5.32 Å². The van der Waals surface area contributed by atoms with Gasteiger partial charge in [0.1, 0.15) is 5.82 Å². The van der Waals surface area contributed by atoms with Crippen LogP contribution in [0.5, 0.6) is 0 Å². The van der Waals surface area contributed by atoms with Crippen molar-refractivity contribution in [2.24, 2.45) is 0 Å². The number of benzene rings is 2. The number of nitrogens with one attached hydrogen (secondary N) is 1. The van der Waals surface area contributed by atoms with Crippen molar-refractivity contribution in [3.8, 4) is 0 Å². The largest absolute Gasteiger partial charge is 0.314 e. The number of likely N-dealkylation sites (N-methyl/N-ethyl adjacent to an activating group) is 1. The standard InChI is InChI=1S/C17H19ClFN/c1-2-20-15(10-13-6-4-3-5-7-13)11-14-8-9-17(19)16(18)12-14/h3-9,12,15,20H,2,10-11H2,1H3. The van der Waals surface area contributed by atoms with Crippen LogP contribution in [-0.4, -0.2) is 12.6 Å². The minimum atomic E-state index is -0.363. The van der Waals surface area contributed by atoms with Crippen LogP contribution in [-0.2, 0) is 12.8 Å². The highest BCUT2D eigenvalue weighted by molar-refractivity contribution is 6.30. The van der Waals surface area contributed by atoms with Gasteiger partial charge < -0.3 is 5.32 Å². The maximum Gasteiger partial charge on any atom is 0.141 e. The third-order valence-electron chi connectivity index (χ3n) is 3.28. The Morgan fingerprint density at radius 3 is 2.40 bits per heavy atom. The van der Waals surface area contributed by atoms with Gasteiger partial charge in [-0.05, 0) is 42.6 Å². The topological polar surface area (TPSA) is 12.0 Å². The molecule has 0 aliphatic rings. The average Bonchev–Trinajstić information content (AvgIpc) is 2.44. The quantitative estimate of drug-likeness (QED) is 0.839. The first-order valence-corrected chi connectivity index (χ1v) is 7.28. The molecule has 0 aliphatic carbocycles. The Morgan fingerprint density at radius 2 is 1.75 bits per heavy atom. The molecule has 2 aromatic rings. The van der Waals surface area contributed by atoms with E-state index in [-0.39, 0.29) is 10.8 Å². The zero-order valence-electron chi connectivity index (χ0n) is 11.6. The third-order valence-corrected chi connectivity index (χ3v) is 3.57. The molecule has 3 heteroatoms. The number of halogens is 2. The van der Waals surface area contributed by atoms with Crippen molar-refractivity contribution in [2.75, 3.05) is 6.54 Å². The summed E-state index contributed by atoms with van der Waals surface area (Å²) in [7, 11) is 0. The van der Waals surface area contributed by atoms with E-state index in [9.17, 15) is 4.39 Å². The SMILES string of the molecule is CCNC(Cc1ccccc1)Cc1ccc(F)c(Cl)c1. The van der Waals surface area contributed by atoms with Crippen LogP contribution >= 0.6 is 11.6 Å². The average molecular weight is 292 g/mol. The van der Waals surface area contributed by atoms with Crippen LogP contribution in [0.3, 0.4) is 0 Å². The summed E-state index contributed by atoms with van der Waals surface area (Å²) in [4.78, 5) is 0. The lowest BCUT2D eigenvalue weighted by Crippen LogP contribution is -2.33. The van der Waals surface area contributed by atoms with E-state index in [4.69, 9.17) is 11.6 Å². The Bertz CT molecular complexity index is 542. The number of rotatable bonds is 6. The Balaban J connectivity index is 2.06. The summed E-state index contributed by atoms with van der Waals surface area (Å²) in [5, 5.41) is 3.67. The zero-order valence-corrected chi connectivity index (χ0v) is 12.3. The summed E-state index contributed by atoms with van der Waals surface area (Å²) in [6, 6.07) is 15.6. The van der Waals surface area contributed by atoms with Gasteiger partial charge >= 0.3 is 0 Å². The fourth-order valence-electron chi connectivity index (χ4n) is 2.35. The molecule has 0 spiro atoms. The first-order valence-electron chi connectivity index (χ1n) is 6.90. The van der Waals surface area contributed by atoms with E-state index in [1.807, 2.05) is 18.2 Å². The molecule has 0 fully saturated rings. The van der Waals surface area contributed by atoms with Crippen LogP contribution in [0.1, 0.15) is 18.1 Å². The molecule has 1 atom stereocenters. The zero-order chi connectivity index (χ0) is 14.4. The lowest BCUT2D eigenvalue weighted by Gasteiger charge is -2.18. The molecule has 0 amide bonds. The summed E-state index contributed by atoms with van der Waals surface area (Å²) in [6.45, 7) is 3.00. The predicted molar refractivity (Wildman–Crippen MR) is 82.7 cm³/mol. The molecule has 0 radical (unpaired) electrons. The van der Waals surface area contributed by atoms with Gasteiger partial charge in [0.2, 0.25) is 0 Å². The molecule has 2 aromatic carbocycles. The first-order chi connectivity index (χ1) is 9.69. The van der Waals surface area contributed by atoms with Gasteiger partial charge in [0.25, 0.3) is 0 Å². The van der Waals surface area contributed by atoms with E-state index in [2.05, 4.69) is 24.4 Å². The second kappa shape index (κ2) is 7.41. The van der Waals surface area contributed by atoms with Crippen LogP contribution in [0.2, 0.25) is 5.02 Å². The van der Waals surface area contributed by atoms with Crippen molar-refractivity contribution in [2.45, 2.75) is 25.8 Å². The minimum absolute atomic E-state index is 0.192.